The molecule has 2 heterocycles. The van der Waals surface area contributed by atoms with Crippen LogP contribution >= 0.6 is 11.3 Å². The lowest BCUT2D eigenvalue weighted by atomic mass is 10.3. The summed E-state index contributed by atoms with van der Waals surface area (Å²) in [4.78, 5) is 14.1. The molecule has 2 aromatic rings. The number of carbonyl (C=O) groups is 1. The first-order chi connectivity index (χ1) is 11.4. The van der Waals surface area contributed by atoms with Crippen LogP contribution in [0.15, 0.2) is 40.6 Å². The molecule has 1 amide bonds. The van der Waals surface area contributed by atoms with Crippen LogP contribution in [0.1, 0.15) is 9.67 Å². The van der Waals surface area contributed by atoms with Crippen LogP contribution in [0.2, 0.25) is 0 Å². The standard InChI is InChI=1S/C15H14F2N2O3S2/c16-12-4-3-11(10-13(12)17)24(21,22)19-7-5-18(6-8-19)15(20)14-2-1-9-23-14/h1-4,9-10H,5-8H2. The summed E-state index contributed by atoms with van der Waals surface area (Å²) < 4.78 is 52.4. The summed E-state index contributed by atoms with van der Waals surface area (Å²) >= 11 is 1.33. The van der Waals surface area contributed by atoms with E-state index in [0.717, 1.165) is 12.1 Å². The number of hydrogen-bond acceptors (Lipinski definition) is 4. The third-order valence-corrected chi connectivity index (χ3v) is 6.54. The van der Waals surface area contributed by atoms with Crippen LogP contribution in [0.4, 0.5) is 8.78 Å². The van der Waals surface area contributed by atoms with Gasteiger partial charge in [0.05, 0.1) is 9.77 Å². The molecule has 1 saturated heterocycles. The number of benzene rings is 1. The van der Waals surface area contributed by atoms with Gasteiger partial charge in [-0.15, -0.1) is 11.3 Å². The fourth-order valence-electron chi connectivity index (χ4n) is 2.47. The second-order valence-electron chi connectivity index (χ2n) is 5.25. The van der Waals surface area contributed by atoms with Crippen LogP contribution in [-0.4, -0.2) is 49.7 Å². The van der Waals surface area contributed by atoms with Crippen LogP contribution in [0.5, 0.6) is 0 Å². The molecule has 24 heavy (non-hydrogen) atoms. The highest BCUT2D eigenvalue weighted by atomic mass is 32.2. The predicted octanol–water partition coefficient (Wildman–Crippen LogP) is 2.17. The van der Waals surface area contributed by atoms with Crippen molar-refractivity contribution in [2.24, 2.45) is 0 Å². The maximum Gasteiger partial charge on any atom is 0.264 e. The summed E-state index contributed by atoms with van der Waals surface area (Å²) in [6.07, 6.45) is 0. The Morgan fingerprint density at radius 2 is 1.75 bits per heavy atom. The summed E-state index contributed by atoms with van der Waals surface area (Å²) in [5, 5.41) is 1.80. The number of halogens is 2. The van der Waals surface area contributed by atoms with Crippen LogP contribution < -0.4 is 0 Å². The Hall–Kier alpha value is -1.84. The Morgan fingerprint density at radius 1 is 1.04 bits per heavy atom. The van der Waals surface area contributed by atoms with Crippen LogP contribution in [0.25, 0.3) is 0 Å². The molecule has 5 nitrogen and oxygen atoms in total. The van der Waals surface area contributed by atoms with E-state index >= 15 is 0 Å². The van der Waals surface area contributed by atoms with E-state index in [1.54, 1.807) is 22.4 Å². The van der Waals surface area contributed by atoms with E-state index in [9.17, 15) is 22.0 Å². The SMILES string of the molecule is O=C(c1cccs1)N1CCN(S(=O)(=O)c2ccc(F)c(F)c2)CC1. The first-order valence-corrected chi connectivity index (χ1v) is 9.49. The Bertz CT molecular complexity index is 846. The lowest BCUT2D eigenvalue weighted by molar-refractivity contribution is 0.0703. The van der Waals surface area contributed by atoms with Crippen molar-refractivity contribution in [3.05, 3.63) is 52.2 Å². The van der Waals surface area contributed by atoms with Crippen molar-refractivity contribution < 1.29 is 22.0 Å². The number of piperazine rings is 1. The van der Waals surface area contributed by atoms with Gasteiger partial charge in [-0.3, -0.25) is 4.79 Å². The summed E-state index contributed by atoms with van der Waals surface area (Å²) in [5.74, 6) is -2.43. The molecular formula is C15H14F2N2O3S2. The van der Waals surface area contributed by atoms with Gasteiger partial charge in [-0.1, -0.05) is 6.07 Å². The fraction of sp³-hybridized carbons (Fsp3) is 0.267. The number of amides is 1. The van der Waals surface area contributed by atoms with E-state index in [4.69, 9.17) is 0 Å². The predicted molar refractivity (Wildman–Crippen MR) is 85.3 cm³/mol. The summed E-state index contributed by atoms with van der Waals surface area (Å²) in [6.45, 7) is 0.718. The molecule has 0 atom stereocenters. The smallest absolute Gasteiger partial charge is 0.264 e. The van der Waals surface area contributed by atoms with Crippen molar-refractivity contribution in [1.82, 2.24) is 9.21 Å². The van der Waals surface area contributed by atoms with E-state index in [0.29, 0.717) is 10.9 Å². The van der Waals surface area contributed by atoms with Gasteiger partial charge in [0.1, 0.15) is 0 Å². The minimum Gasteiger partial charge on any atom is -0.335 e. The number of nitrogens with zero attached hydrogens (tertiary/aromatic N) is 2. The Balaban J connectivity index is 1.71. The largest absolute Gasteiger partial charge is 0.335 e. The fourth-order valence-corrected chi connectivity index (χ4v) is 4.60. The average Bonchev–Trinajstić information content (AvgIpc) is 3.11. The molecule has 1 fully saturated rings. The monoisotopic (exact) mass is 372 g/mol. The molecular weight excluding hydrogens is 358 g/mol. The van der Waals surface area contributed by atoms with Crippen LogP contribution in [-0.2, 0) is 10.0 Å². The van der Waals surface area contributed by atoms with Gasteiger partial charge in [-0.05, 0) is 29.6 Å². The lowest BCUT2D eigenvalue weighted by Crippen LogP contribution is -2.50. The van der Waals surface area contributed by atoms with Gasteiger partial charge >= 0.3 is 0 Å². The second-order valence-corrected chi connectivity index (χ2v) is 8.14. The molecule has 1 aliphatic rings. The highest BCUT2D eigenvalue weighted by Gasteiger charge is 2.31. The zero-order valence-electron chi connectivity index (χ0n) is 12.5. The first-order valence-electron chi connectivity index (χ1n) is 7.17. The number of hydrogen-bond donors (Lipinski definition) is 0. The minimum absolute atomic E-state index is 0.110. The van der Waals surface area contributed by atoms with Gasteiger partial charge < -0.3 is 4.90 Å². The molecule has 0 aliphatic carbocycles. The van der Waals surface area contributed by atoms with Gasteiger partial charge in [0, 0.05) is 26.2 Å². The molecule has 0 unspecified atom stereocenters. The maximum atomic E-state index is 13.3. The van der Waals surface area contributed by atoms with Gasteiger partial charge in [0.2, 0.25) is 10.0 Å². The van der Waals surface area contributed by atoms with Gasteiger partial charge in [0.15, 0.2) is 11.6 Å². The van der Waals surface area contributed by atoms with E-state index in [-0.39, 0.29) is 37.0 Å². The van der Waals surface area contributed by atoms with Gasteiger partial charge in [0.25, 0.3) is 5.91 Å². The van der Waals surface area contributed by atoms with Crippen LogP contribution in [0, 0.1) is 11.6 Å². The van der Waals surface area contributed by atoms with Crippen molar-refractivity contribution in [2.45, 2.75) is 4.90 Å². The first kappa shape index (κ1) is 17.0. The zero-order chi connectivity index (χ0) is 17.3. The van der Waals surface area contributed by atoms with Crippen molar-refractivity contribution in [3.63, 3.8) is 0 Å². The molecule has 0 radical (unpaired) electrons. The average molecular weight is 372 g/mol. The lowest BCUT2D eigenvalue weighted by Gasteiger charge is -2.33. The number of carbonyl (C=O) groups excluding carboxylic acids is 1. The molecule has 0 spiro atoms. The van der Waals surface area contributed by atoms with Crippen LogP contribution in [0.3, 0.4) is 0 Å². The van der Waals surface area contributed by atoms with E-state index in [1.807, 2.05) is 0 Å². The summed E-state index contributed by atoms with van der Waals surface area (Å²) in [6, 6.07) is 6.00. The number of thiophene rings is 1. The van der Waals surface area contributed by atoms with E-state index in [1.165, 1.54) is 15.6 Å². The molecule has 1 aliphatic heterocycles. The van der Waals surface area contributed by atoms with Crippen molar-refractivity contribution in [1.29, 1.82) is 0 Å². The molecule has 1 aromatic carbocycles. The van der Waals surface area contributed by atoms with E-state index < -0.39 is 21.7 Å². The summed E-state index contributed by atoms with van der Waals surface area (Å²) in [7, 11) is -3.91. The summed E-state index contributed by atoms with van der Waals surface area (Å²) in [5.41, 5.74) is 0. The third-order valence-electron chi connectivity index (χ3n) is 3.79. The molecule has 0 saturated carbocycles. The number of sulfonamides is 1. The van der Waals surface area contributed by atoms with Crippen molar-refractivity contribution >= 4 is 27.3 Å². The molecule has 0 bridgehead atoms. The molecule has 128 valence electrons. The quantitative estimate of drug-likeness (QED) is 0.830. The topological polar surface area (TPSA) is 57.7 Å². The molecule has 0 N–H and O–H groups in total. The van der Waals surface area contributed by atoms with Crippen molar-refractivity contribution in [2.75, 3.05) is 26.2 Å². The number of rotatable bonds is 3. The van der Waals surface area contributed by atoms with Crippen molar-refractivity contribution in [3.8, 4) is 0 Å². The van der Waals surface area contributed by atoms with E-state index in [2.05, 4.69) is 0 Å². The normalized spacial score (nSPS) is 16.3. The molecule has 1 aromatic heterocycles. The maximum absolute atomic E-state index is 13.3. The Kier molecular flexibility index (Phi) is 4.66. The highest BCUT2D eigenvalue weighted by Crippen LogP contribution is 2.21. The molecule has 9 heteroatoms. The third kappa shape index (κ3) is 3.19. The van der Waals surface area contributed by atoms with Gasteiger partial charge in [-0.25, -0.2) is 17.2 Å². The highest BCUT2D eigenvalue weighted by molar-refractivity contribution is 7.89. The second kappa shape index (κ2) is 6.58. The Morgan fingerprint density at radius 3 is 2.33 bits per heavy atom. The molecule has 3 rings (SSSR count). The Labute approximate surface area is 142 Å². The zero-order valence-corrected chi connectivity index (χ0v) is 14.1. The van der Waals surface area contributed by atoms with Gasteiger partial charge in [-0.2, -0.15) is 4.31 Å². The minimum atomic E-state index is -3.91.